The molecule has 0 saturated carbocycles. The maximum atomic E-state index is 11.8. The topological polar surface area (TPSA) is 54.1 Å². The Morgan fingerprint density at radius 3 is 2.21 bits per heavy atom. The summed E-state index contributed by atoms with van der Waals surface area (Å²) in [5.74, 6) is 0.606. The van der Waals surface area contributed by atoms with Gasteiger partial charge in [-0.2, -0.15) is 10.2 Å². The third-order valence-electron chi connectivity index (χ3n) is 2.36. The third-order valence-corrected chi connectivity index (χ3v) is 2.46. The van der Waals surface area contributed by atoms with Gasteiger partial charge >= 0.3 is 0 Å². The normalized spacial score (nSPS) is 15.3. The summed E-state index contributed by atoms with van der Waals surface area (Å²) in [6.45, 7) is 11.9. The fourth-order valence-electron chi connectivity index (χ4n) is 1.56. The van der Waals surface area contributed by atoms with Gasteiger partial charge in [-0.15, -0.1) is 0 Å². The van der Waals surface area contributed by atoms with E-state index in [-0.39, 0.29) is 17.2 Å². The van der Waals surface area contributed by atoms with Crippen LogP contribution in [-0.2, 0) is 4.79 Å². The van der Waals surface area contributed by atoms with Crippen molar-refractivity contribution >= 4 is 23.2 Å². The van der Waals surface area contributed by atoms with Crippen LogP contribution in [0.5, 0.6) is 0 Å². The summed E-state index contributed by atoms with van der Waals surface area (Å²) >= 11 is 4.64. The van der Waals surface area contributed by atoms with Crippen molar-refractivity contribution in [1.29, 1.82) is 0 Å². The lowest BCUT2D eigenvalue weighted by atomic mass is 9.97. The van der Waals surface area contributed by atoms with Crippen molar-refractivity contribution < 1.29 is 4.79 Å². The lowest BCUT2D eigenvalue weighted by Gasteiger charge is -2.16. The number of hydrogen-bond donors (Lipinski definition) is 0. The van der Waals surface area contributed by atoms with Gasteiger partial charge in [-0.05, 0) is 38.9 Å². The van der Waals surface area contributed by atoms with Gasteiger partial charge in [0, 0.05) is 18.8 Å². The molecule has 0 amide bonds. The number of nitrogens with zero attached hydrogens (tertiary/aromatic N) is 3. The Hall–Kier alpha value is -0.930. The molecule has 0 aromatic heterocycles. The van der Waals surface area contributed by atoms with E-state index in [1.807, 2.05) is 41.5 Å². The smallest absolute Gasteiger partial charge is 0.173 e. The maximum Gasteiger partial charge on any atom is 0.173 e. The molecule has 2 unspecified atom stereocenters. The largest absolute Gasteiger partial charge is 0.300 e. The number of hydrogen-bond acceptors (Lipinski definition) is 5. The molecule has 108 valence electrons. The van der Waals surface area contributed by atoms with E-state index < -0.39 is 6.17 Å². The molecule has 0 radical (unpaired) electrons. The number of isothiocyanates is 1. The van der Waals surface area contributed by atoms with Crippen LogP contribution in [0.2, 0.25) is 0 Å². The predicted octanol–water partition coefficient (Wildman–Crippen LogP) is 4.31. The van der Waals surface area contributed by atoms with Gasteiger partial charge in [0.05, 0.1) is 10.7 Å². The highest BCUT2D eigenvalue weighted by molar-refractivity contribution is 7.78. The molecule has 5 heteroatoms. The first-order chi connectivity index (χ1) is 8.65. The van der Waals surface area contributed by atoms with Crippen LogP contribution in [0.3, 0.4) is 0 Å². The van der Waals surface area contributed by atoms with Gasteiger partial charge in [0.1, 0.15) is 5.78 Å². The minimum atomic E-state index is -0.409. The molecule has 2 atom stereocenters. The third kappa shape index (κ3) is 9.62. The zero-order valence-electron chi connectivity index (χ0n) is 12.8. The van der Waals surface area contributed by atoms with Crippen LogP contribution >= 0.6 is 12.2 Å². The van der Waals surface area contributed by atoms with E-state index in [1.54, 1.807) is 0 Å². The highest BCUT2D eigenvalue weighted by Crippen LogP contribution is 2.18. The van der Waals surface area contributed by atoms with Gasteiger partial charge in [-0.1, -0.05) is 20.8 Å². The Labute approximate surface area is 121 Å². The van der Waals surface area contributed by atoms with Crippen molar-refractivity contribution in [2.45, 2.75) is 66.1 Å². The molecule has 0 N–H and O–H groups in total. The van der Waals surface area contributed by atoms with Crippen molar-refractivity contribution in [2.24, 2.45) is 27.1 Å². The van der Waals surface area contributed by atoms with E-state index in [0.29, 0.717) is 18.8 Å². The molecule has 0 aliphatic rings. The highest BCUT2D eigenvalue weighted by Gasteiger charge is 2.20. The van der Waals surface area contributed by atoms with E-state index in [1.165, 1.54) is 0 Å². The first kappa shape index (κ1) is 18.1. The molecule has 0 bridgehead atoms. The molecule has 19 heavy (non-hydrogen) atoms. The first-order valence-corrected chi connectivity index (χ1v) is 7.07. The van der Waals surface area contributed by atoms with Crippen LogP contribution in [0.1, 0.15) is 54.4 Å². The molecule has 0 saturated heterocycles. The molecule has 4 nitrogen and oxygen atoms in total. The fourth-order valence-corrected chi connectivity index (χ4v) is 1.66. The van der Waals surface area contributed by atoms with Crippen molar-refractivity contribution in [3.05, 3.63) is 0 Å². The molecule has 0 aromatic carbocycles. The molecule has 0 spiro atoms. The molecule has 0 fully saturated rings. The Morgan fingerprint density at radius 1 is 1.21 bits per heavy atom. The van der Waals surface area contributed by atoms with Gasteiger partial charge in [0.2, 0.25) is 0 Å². The summed E-state index contributed by atoms with van der Waals surface area (Å²) in [4.78, 5) is 15.8. The number of aliphatic imine (C=N–C) groups is 1. The van der Waals surface area contributed by atoms with Gasteiger partial charge in [-0.25, -0.2) is 4.99 Å². The maximum absolute atomic E-state index is 11.8. The molecule has 0 heterocycles. The average Bonchev–Trinajstić information content (AvgIpc) is 2.21. The van der Waals surface area contributed by atoms with E-state index >= 15 is 0 Å². The van der Waals surface area contributed by atoms with Gasteiger partial charge in [0.25, 0.3) is 0 Å². The minimum Gasteiger partial charge on any atom is -0.300 e. The van der Waals surface area contributed by atoms with Crippen molar-refractivity contribution in [3.63, 3.8) is 0 Å². The number of ketones is 1. The molecule has 0 rings (SSSR count). The van der Waals surface area contributed by atoms with Crippen molar-refractivity contribution in [3.8, 4) is 0 Å². The predicted molar refractivity (Wildman–Crippen MR) is 81.7 cm³/mol. The van der Waals surface area contributed by atoms with Crippen molar-refractivity contribution in [1.82, 2.24) is 0 Å². The number of Topliss-reactive ketones (excluding diaryl/α,β-unsaturated/α-hetero) is 1. The van der Waals surface area contributed by atoms with Crippen LogP contribution in [0.4, 0.5) is 0 Å². The Bertz CT molecular complexity index is 365. The van der Waals surface area contributed by atoms with Crippen LogP contribution in [0.15, 0.2) is 15.2 Å². The lowest BCUT2D eigenvalue weighted by Crippen LogP contribution is -2.19. The molecule has 0 aliphatic heterocycles. The second kappa shape index (κ2) is 8.28. The Kier molecular flexibility index (Phi) is 7.88. The van der Waals surface area contributed by atoms with Crippen LogP contribution in [0.25, 0.3) is 0 Å². The second-order valence-corrected chi connectivity index (χ2v) is 6.52. The SMILES string of the molecule is CC(C)CC(=O)CC(C)C(N=C=S)N=NC(C)(C)C. The van der Waals surface area contributed by atoms with E-state index in [9.17, 15) is 4.79 Å². The van der Waals surface area contributed by atoms with Crippen molar-refractivity contribution in [2.75, 3.05) is 0 Å². The summed E-state index contributed by atoms with van der Waals surface area (Å²) in [6.07, 6.45) is 0.634. The number of rotatable bonds is 7. The standard InChI is InChI=1S/C14H25N3OS/c1-10(2)7-12(18)8-11(3)13(15-9-19)16-17-14(4,5)6/h10-11,13H,7-8H2,1-6H3. The number of azo groups is 1. The monoisotopic (exact) mass is 283 g/mol. The second-order valence-electron chi connectivity index (χ2n) is 6.34. The first-order valence-electron chi connectivity index (χ1n) is 6.66. The van der Waals surface area contributed by atoms with Gasteiger partial charge in [-0.3, -0.25) is 4.79 Å². The summed E-state index contributed by atoms with van der Waals surface area (Å²) in [6, 6.07) is 0. The Morgan fingerprint density at radius 2 is 1.79 bits per heavy atom. The van der Waals surface area contributed by atoms with Gasteiger partial charge in [0.15, 0.2) is 6.17 Å². The quantitative estimate of drug-likeness (QED) is 0.397. The highest BCUT2D eigenvalue weighted by atomic mass is 32.1. The Balaban J connectivity index is 4.67. The fraction of sp³-hybridized carbons (Fsp3) is 0.857. The number of thiocarbonyl (C=S) groups is 1. The van der Waals surface area contributed by atoms with Crippen LogP contribution < -0.4 is 0 Å². The summed E-state index contributed by atoms with van der Waals surface area (Å²) in [5.41, 5.74) is -0.253. The minimum absolute atomic E-state index is 0.00667. The molecular weight excluding hydrogens is 258 g/mol. The molecule has 0 aliphatic carbocycles. The summed E-state index contributed by atoms with van der Waals surface area (Å²) < 4.78 is 0. The lowest BCUT2D eigenvalue weighted by molar-refractivity contribution is -0.120. The zero-order valence-corrected chi connectivity index (χ0v) is 13.6. The van der Waals surface area contributed by atoms with Crippen LogP contribution in [0, 0.1) is 11.8 Å². The zero-order chi connectivity index (χ0) is 15.1. The van der Waals surface area contributed by atoms with E-state index in [2.05, 4.69) is 32.6 Å². The summed E-state index contributed by atoms with van der Waals surface area (Å²) in [5, 5.41) is 10.7. The number of carbonyl (C=O) groups is 1. The number of carbonyl (C=O) groups excluding carboxylic acids is 1. The average molecular weight is 283 g/mol. The summed E-state index contributed by atoms with van der Waals surface area (Å²) in [7, 11) is 0. The molecular formula is C14H25N3OS. The van der Waals surface area contributed by atoms with Crippen LogP contribution in [-0.4, -0.2) is 22.6 Å². The van der Waals surface area contributed by atoms with E-state index in [4.69, 9.17) is 0 Å². The molecule has 0 aromatic rings. The van der Waals surface area contributed by atoms with Gasteiger partial charge < -0.3 is 0 Å². The van der Waals surface area contributed by atoms with E-state index in [0.717, 1.165) is 0 Å².